The van der Waals surface area contributed by atoms with Crippen molar-refractivity contribution in [2.24, 2.45) is 0 Å². The van der Waals surface area contributed by atoms with Gasteiger partial charge in [-0.15, -0.1) is 0 Å². The van der Waals surface area contributed by atoms with E-state index in [2.05, 4.69) is 20.6 Å². The molecule has 3 aromatic rings. The highest BCUT2D eigenvalue weighted by Gasteiger charge is 2.13. The van der Waals surface area contributed by atoms with Crippen LogP contribution in [0.4, 0.5) is 15.9 Å². The van der Waals surface area contributed by atoms with Crippen LogP contribution < -0.4 is 10.6 Å². The molecule has 0 bridgehead atoms. The quantitative estimate of drug-likeness (QED) is 0.666. The maximum atomic E-state index is 13.6. The zero-order valence-corrected chi connectivity index (χ0v) is 15.6. The van der Waals surface area contributed by atoms with Crippen LogP contribution in [0.15, 0.2) is 48.8 Å². The lowest BCUT2D eigenvalue weighted by Crippen LogP contribution is -2.15. The first kappa shape index (κ1) is 18.8. The van der Waals surface area contributed by atoms with E-state index in [1.54, 1.807) is 24.3 Å². The number of anilines is 2. The third-order valence-electron chi connectivity index (χ3n) is 3.97. The molecule has 1 aromatic heterocycles. The van der Waals surface area contributed by atoms with Crippen molar-refractivity contribution in [2.45, 2.75) is 20.4 Å². The Bertz CT molecular complexity index is 953. The third-order valence-corrected chi connectivity index (χ3v) is 4.27. The second kappa shape index (κ2) is 8.14. The van der Waals surface area contributed by atoms with Gasteiger partial charge in [0.2, 0.25) is 0 Å². The van der Waals surface area contributed by atoms with Gasteiger partial charge in [-0.05, 0) is 37.1 Å². The summed E-state index contributed by atoms with van der Waals surface area (Å²) >= 11 is 6.21. The van der Waals surface area contributed by atoms with Crippen molar-refractivity contribution in [3.63, 3.8) is 0 Å². The Morgan fingerprint density at radius 2 is 1.93 bits per heavy atom. The van der Waals surface area contributed by atoms with Crippen LogP contribution in [0.5, 0.6) is 0 Å². The molecule has 0 aliphatic carbocycles. The van der Waals surface area contributed by atoms with Gasteiger partial charge in [0, 0.05) is 12.1 Å². The summed E-state index contributed by atoms with van der Waals surface area (Å²) in [5, 5.41) is 6.21. The second-order valence-electron chi connectivity index (χ2n) is 6.12. The highest BCUT2D eigenvalue weighted by Crippen LogP contribution is 2.27. The Kier molecular flexibility index (Phi) is 5.66. The van der Waals surface area contributed by atoms with Crippen molar-refractivity contribution in [1.29, 1.82) is 0 Å². The minimum absolute atomic E-state index is 0.155. The van der Waals surface area contributed by atoms with Crippen LogP contribution in [0.1, 0.15) is 27.2 Å². The number of nitrogens with one attached hydrogen (secondary N) is 2. The molecular weight excluding hydrogens is 367 g/mol. The first-order valence-electron chi connectivity index (χ1n) is 8.31. The lowest BCUT2D eigenvalue weighted by molar-refractivity contribution is 0.102. The van der Waals surface area contributed by atoms with Gasteiger partial charge in [-0.25, -0.2) is 14.4 Å². The normalized spacial score (nSPS) is 10.5. The number of carbonyl (C=O) groups excluding carboxylic acids is 1. The van der Waals surface area contributed by atoms with Crippen LogP contribution in [-0.4, -0.2) is 15.9 Å². The number of halogens is 2. The highest BCUT2D eigenvalue weighted by molar-refractivity contribution is 6.34. The maximum Gasteiger partial charge on any atom is 0.275 e. The summed E-state index contributed by atoms with van der Waals surface area (Å²) < 4.78 is 13.6. The Labute approximate surface area is 161 Å². The van der Waals surface area contributed by atoms with Crippen molar-refractivity contribution in [2.75, 3.05) is 10.6 Å². The van der Waals surface area contributed by atoms with Gasteiger partial charge in [0.25, 0.3) is 5.91 Å². The summed E-state index contributed by atoms with van der Waals surface area (Å²) in [4.78, 5) is 20.7. The molecule has 27 heavy (non-hydrogen) atoms. The fourth-order valence-corrected chi connectivity index (χ4v) is 2.98. The number of aryl methyl sites for hydroxylation is 2. The van der Waals surface area contributed by atoms with Crippen LogP contribution in [0.25, 0.3) is 0 Å². The molecule has 0 unspecified atom stereocenters. The van der Waals surface area contributed by atoms with Crippen LogP contribution in [0.2, 0.25) is 5.02 Å². The average molecular weight is 385 g/mol. The molecule has 2 aromatic carbocycles. The molecule has 2 N–H and O–H groups in total. The van der Waals surface area contributed by atoms with E-state index in [-0.39, 0.29) is 18.1 Å². The third kappa shape index (κ3) is 4.60. The van der Waals surface area contributed by atoms with Crippen molar-refractivity contribution in [1.82, 2.24) is 9.97 Å². The van der Waals surface area contributed by atoms with Gasteiger partial charge in [-0.3, -0.25) is 4.79 Å². The minimum atomic E-state index is -0.406. The van der Waals surface area contributed by atoms with Crippen LogP contribution in [-0.2, 0) is 6.54 Å². The van der Waals surface area contributed by atoms with E-state index in [0.717, 1.165) is 11.1 Å². The topological polar surface area (TPSA) is 66.9 Å². The zero-order chi connectivity index (χ0) is 19.4. The largest absolute Gasteiger partial charge is 0.365 e. The zero-order valence-electron chi connectivity index (χ0n) is 14.9. The fourth-order valence-electron chi connectivity index (χ4n) is 2.62. The summed E-state index contributed by atoms with van der Waals surface area (Å²) in [5.74, 6) is -0.254. The van der Waals surface area contributed by atoms with E-state index < -0.39 is 5.91 Å². The van der Waals surface area contributed by atoms with Crippen molar-refractivity contribution < 1.29 is 9.18 Å². The molecule has 0 saturated heterocycles. The molecule has 0 spiro atoms. The van der Waals surface area contributed by atoms with E-state index >= 15 is 0 Å². The van der Waals surface area contributed by atoms with Gasteiger partial charge < -0.3 is 10.6 Å². The van der Waals surface area contributed by atoms with Crippen molar-refractivity contribution in [3.8, 4) is 0 Å². The van der Waals surface area contributed by atoms with Crippen molar-refractivity contribution in [3.05, 3.63) is 82.0 Å². The molecule has 0 aliphatic rings. The highest BCUT2D eigenvalue weighted by atomic mass is 35.5. The molecule has 7 heteroatoms. The average Bonchev–Trinajstić information content (AvgIpc) is 2.64. The molecule has 0 saturated carbocycles. The molecule has 3 rings (SSSR count). The van der Waals surface area contributed by atoms with Gasteiger partial charge in [0.15, 0.2) is 0 Å². The van der Waals surface area contributed by atoms with Gasteiger partial charge >= 0.3 is 0 Å². The predicted molar refractivity (Wildman–Crippen MR) is 105 cm³/mol. The fraction of sp³-hybridized carbons (Fsp3) is 0.150. The second-order valence-corrected chi connectivity index (χ2v) is 6.53. The SMILES string of the molecule is Cc1cc(C)c(NC(=O)c2cnc(NCc3ccccc3F)cn2)c(Cl)c1. The summed E-state index contributed by atoms with van der Waals surface area (Å²) in [6, 6.07) is 10.2. The van der Waals surface area contributed by atoms with E-state index in [0.29, 0.717) is 22.1 Å². The van der Waals surface area contributed by atoms with Crippen molar-refractivity contribution >= 4 is 29.0 Å². The van der Waals surface area contributed by atoms with Gasteiger partial charge in [-0.2, -0.15) is 0 Å². The maximum absolute atomic E-state index is 13.6. The molecule has 5 nitrogen and oxygen atoms in total. The summed E-state index contributed by atoms with van der Waals surface area (Å²) in [7, 11) is 0. The molecule has 138 valence electrons. The van der Waals surface area contributed by atoms with E-state index in [1.807, 2.05) is 19.9 Å². The number of hydrogen-bond acceptors (Lipinski definition) is 4. The lowest BCUT2D eigenvalue weighted by Gasteiger charge is -2.11. The number of amides is 1. The van der Waals surface area contributed by atoms with E-state index in [4.69, 9.17) is 11.6 Å². The van der Waals surface area contributed by atoms with Gasteiger partial charge in [0.05, 0.1) is 23.1 Å². The first-order chi connectivity index (χ1) is 12.9. The molecule has 0 atom stereocenters. The number of hydrogen-bond donors (Lipinski definition) is 2. The molecular formula is C20H18ClFN4O. The van der Waals surface area contributed by atoms with Crippen LogP contribution in [0.3, 0.4) is 0 Å². The minimum Gasteiger partial charge on any atom is -0.365 e. The summed E-state index contributed by atoms with van der Waals surface area (Å²) in [5.41, 5.74) is 3.11. The molecule has 0 fully saturated rings. The first-order valence-corrected chi connectivity index (χ1v) is 8.69. The van der Waals surface area contributed by atoms with Crippen LogP contribution in [0, 0.1) is 19.7 Å². The standard InChI is InChI=1S/C20H18ClFN4O/c1-12-7-13(2)19(15(21)8-12)26-20(27)17-10-25-18(11-23-17)24-9-14-5-3-4-6-16(14)22/h3-8,10-11H,9H2,1-2H3,(H,24,25)(H,26,27). The Morgan fingerprint density at radius 1 is 1.15 bits per heavy atom. The Hall–Kier alpha value is -2.99. The summed E-state index contributed by atoms with van der Waals surface area (Å²) in [6.45, 7) is 4.07. The number of nitrogens with zero attached hydrogens (tertiary/aromatic N) is 2. The number of benzene rings is 2. The monoisotopic (exact) mass is 384 g/mol. The summed E-state index contributed by atoms with van der Waals surface area (Å²) in [6.07, 6.45) is 2.79. The molecule has 0 radical (unpaired) electrons. The molecule has 0 aliphatic heterocycles. The van der Waals surface area contributed by atoms with E-state index in [1.165, 1.54) is 18.5 Å². The molecule has 1 heterocycles. The van der Waals surface area contributed by atoms with Gasteiger partial charge in [0.1, 0.15) is 17.3 Å². The number of rotatable bonds is 5. The van der Waals surface area contributed by atoms with Crippen LogP contribution >= 0.6 is 11.6 Å². The Morgan fingerprint density at radius 3 is 2.59 bits per heavy atom. The predicted octanol–water partition coefficient (Wildman–Crippen LogP) is 4.75. The van der Waals surface area contributed by atoms with Gasteiger partial charge in [-0.1, -0.05) is 35.9 Å². The Balaban J connectivity index is 1.66. The number of carbonyl (C=O) groups is 1. The smallest absolute Gasteiger partial charge is 0.275 e. The lowest BCUT2D eigenvalue weighted by atomic mass is 10.1. The molecule has 1 amide bonds. The van der Waals surface area contributed by atoms with E-state index in [9.17, 15) is 9.18 Å². The number of aromatic nitrogens is 2.